The zero-order valence-electron chi connectivity index (χ0n) is 9.71. The van der Waals surface area contributed by atoms with E-state index in [1.54, 1.807) is 17.8 Å². The summed E-state index contributed by atoms with van der Waals surface area (Å²) in [5.41, 5.74) is 1.31. The molecule has 0 spiro atoms. The Hall–Kier alpha value is -2.56. The average molecular weight is 241 g/mol. The number of H-pyrrole nitrogens is 1. The summed E-state index contributed by atoms with van der Waals surface area (Å²) in [6.07, 6.45) is 1.54. The molecule has 5 heteroatoms. The number of nitrogens with zero attached hydrogens (tertiary/aromatic N) is 2. The molecule has 0 unspecified atom stereocenters. The van der Waals surface area contributed by atoms with E-state index in [1.165, 1.54) is 0 Å². The van der Waals surface area contributed by atoms with Crippen molar-refractivity contribution in [2.45, 2.75) is 6.92 Å². The van der Waals surface area contributed by atoms with Crippen LogP contribution < -0.4 is 5.56 Å². The van der Waals surface area contributed by atoms with Crippen molar-refractivity contribution in [1.82, 2.24) is 14.8 Å². The van der Waals surface area contributed by atoms with Gasteiger partial charge in [0, 0.05) is 0 Å². The third-order valence-electron chi connectivity index (χ3n) is 2.95. The van der Waals surface area contributed by atoms with Gasteiger partial charge in [-0.25, -0.2) is 4.68 Å². The topological polar surface area (TPSA) is 70.9 Å². The van der Waals surface area contributed by atoms with Crippen LogP contribution in [0.4, 0.5) is 0 Å². The molecule has 0 fully saturated rings. The van der Waals surface area contributed by atoms with Crippen LogP contribution in [0.2, 0.25) is 0 Å². The normalized spacial score (nSPS) is 10.9. The summed E-state index contributed by atoms with van der Waals surface area (Å²) < 4.78 is 1.59. The molecule has 0 bridgehead atoms. The van der Waals surface area contributed by atoms with Gasteiger partial charge in [-0.15, -0.1) is 0 Å². The van der Waals surface area contributed by atoms with Crippen LogP contribution in [-0.2, 0) is 0 Å². The zero-order chi connectivity index (χ0) is 12.7. The lowest BCUT2D eigenvalue weighted by atomic mass is 10.2. The zero-order valence-corrected chi connectivity index (χ0v) is 9.71. The van der Waals surface area contributed by atoms with Gasteiger partial charge in [0.1, 0.15) is 11.4 Å². The second-order valence-corrected chi connectivity index (χ2v) is 4.08. The fourth-order valence-corrected chi connectivity index (χ4v) is 1.92. The van der Waals surface area contributed by atoms with E-state index in [0.29, 0.717) is 16.6 Å². The van der Waals surface area contributed by atoms with E-state index >= 15 is 0 Å². The Kier molecular flexibility index (Phi) is 2.19. The van der Waals surface area contributed by atoms with Crippen LogP contribution in [-0.4, -0.2) is 19.9 Å². The average Bonchev–Trinajstić information content (AvgIpc) is 2.81. The Balaban J connectivity index is 2.38. The number of aromatic amines is 1. The molecule has 2 aromatic heterocycles. The third kappa shape index (κ3) is 1.41. The smallest absolute Gasteiger partial charge is 0.256 e. The third-order valence-corrected chi connectivity index (χ3v) is 2.95. The maximum atomic E-state index is 11.7. The molecule has 1 aromatic carbocycles. The lowest BCUT2D eigenvalue weighted by molar-refractivity contribution is 0.476. The summed E-state index contributed by atoms with van der Waals surface area (Å²) in [4.78, 5) is 14.4. The van der Waals surface area contributed by atoms with Crippen molar-refractivity contribution >= 4 is 11.0 Å². The Morgan fingerprint density at radius 2 is 2.00 bits per heavy atom. The van der Waals surface area contributed by atoms with Gasteiger partial charge in [0.2, 0.25) is 0 Å². The Morgan fingerprint density at radius 3 is 2.72 bits per heavy atom. The summed E-state index contributed by atoms with van der Waals surface area (Å²) in [5, 5.41) is 14.7. The molecule has 2 heterocycles. The number of aromatic hydroxyl groups is 1. The summed E-state index contributed by atoms with van der Waals surface area (Å²) in [6, 6.07) is 9.42. The summed E-state index contributed by atoms with van der Waals surface area (Å²) >= 11 is 0. The lowest BCUT2D eigenvalue weighted by Crippen LogP contribution is -2.11. The van der Waals surface area contributed by atoms with Gasteiger partial charge in [0.15, 0.2) is 0 Å². The van der Waals surface area contributed by atoms with Crippen LogP contribution in [0, 0.1) is 6.92 Å². The molecule has 2 N–H and O–H groups in total. The van der Waals surface area contributed by atoms with Gasteiger partial charge in [-0.3, -0.25) is 4.79 Å². The number of hydrogen-bond acceptors (Lipinski definition) is 3. The highest BCUT2D eigenvalue weighted by Gasteiger charge is 2.12. The molecule has 3 rings (SSSR count). The van der Waals surface area contributed by atoms with Crippen molar-refractivity contribution in [3.8, 4) is 11.4 Å². The number of nitrogens with one attached hydrogen (secondary N) is 1. The van der Waals surface area contributed by atoms with Gasteiger partial charge in [-0.1, -0.05) is 18.2 Å². The van der Waals surface area contributed by atoms with E-state index in [0.717, 1.165) is 5.69 Å². The summed E-state index contributed by atoms with van der Waals surface area (Å²) in [7, 11) is 0. The molecule has 18 heavy (non-hydrogen) atoms. The minimum atomic E-state index is -0.308. The molecule has 0 saturated carbocycles. The van der Waals surface area contributed by atoms with Gasteiger partial charge < -0.3 is 10.1 Å². The Morgan fingerprint density at radius 1 is 1.28 bits per heavy atom. The van der Waals surface area contributed by atoms with Crippen LogP contribution in [0.25, 0.3) is 16.7 Å². The molecular weight excluding hydrogens is 230 g/mol. The van der Waals surface area contributed by atoms with Crippen molar-refractivity contribution in [2.24, 2.45) is 0 Å². The maximum absolute atomic E-state index is 11.7. The minimum Gasteiger partial charge on any atom is -0.507 e. The first kappa shape index (κ1) is 10.6. The van der Waals surface area contributed by atoms with Gasteiger partial charge in [0.25, 0.3) is 5.56 Å². The molecule has 0 aliphatic rings. The van der Waals surface area contributed by atoms with E-state index in [-0.39, 0.29) is 11.3 Å². The van der Waals surface area contributed by atoms with Crippen LogP contribution in [0.3, 0.4) is 0 Å². The first-order chi connectivity index (χ1) is 8.68. The molecule has 0 saturated heterocycles. The number of fused-ring (bicyclic) bond motifs is 1. The highest BCUT2D eigenvalue weighted by Crippen LogP contribution is 2.25. The van der Waals surface area contributed by atoms with Crippen molar-refractivity contribution in [1.29, 1.82) is 0 Å². The first-order valence-corrected chi connectivity index (χ1v) is 5.53. The first-order valence-electron chi connectivity index (χ1n) is 5.53. The molecule has 0 atom stereocenters. The number of benzene rings is 1. The standard InChI is InChI=1S/C13H11N3O2/c1-8-11(17)10-7-14-16(12(10)15-13(8)18)9-5-3-2-4-6-9/h2-7H,1H3,(H2,15,17,18). The summed E-state index contributed by atoms with van der Waals surface area (Å²) in [5.74, 6) is -0.0177. The molecule has 0 amide bonds. The molecule has 90 valence electrons. The second kappa shape index (κ2) is 3.73. The molecule has 3 aromatic rings. The minimum absolute atomic E-state index is 0.0177. The van der Waals surface area contributed by atoms with Crippen molar-refractivity contribution < 1.29 is 5.11 Å². The molecule has 0 radical (unpaired) electrons. The summed E-state index contributed by atoms with van der Waals surface area (Å²) in [6.45, 7) is 1.58. The van der Waals surface area contributed by atoms with Crippen LogP contribution in [0.5, 0.6) is 5.75 Å². The number of pyridine rings is 1. The van der Waals surface area contributed by atoms with Crippen molar-refractivity contribution in [3.63, 3.8) is 0 Å². The van der Waals surface area contributed by atoms with Crippen LogP contribution in [0.15, 0.2) is 41.3 Å². The maximum Gasteiger partial charge on any atom is 0.256 e. The SMILES string of the molecule is Cc1c(O)c2cnn(-c3ccccc3)c2[nH]c1=O. The predicted molar refractivity (Wildman–Crippen MR) is 68.1 cm³/mol. The Labute approximate surface area is 102 Å². The fraction of sp³-hybridized carbons (Fsp3) is 0.0769. The highest BCUT2D eigenvalue weighted by molar-refractivity contribution is 5.83. The van der Waals surface area contributed by atoms with E-state index in [4.69, 9.17) is 0 Å². The van der Waals surface area contributed by atoms with Gasteiger partial charge in [0.05, 0.1) is 22.8 Å². The largest absolute Gasteiger partial charge is 0.507 e. The molecule has 5 nitrogen and oxygen atoms in total. The molecular formula is C13H11N3O2. The quantitative estimate of drug-likeness (QED) is 0.681. The molecule has 0 aliphatic heterocycles. The fourth-order valence-electron chi connectivity index (χ4n) is 1.92. The molecule has 0 aliphatic carbocycles. The van der Waals surface area contributed by atoms with Crippen molar-refractivity contribution in [2.75, 3.05) is 0 Å². The van der Waals surface area contributed by atoms with E-state index in [1.807, 2.05) is 30.3 Å². The van der Waals surface area contributed by atoms with Crippen LogP contribution >= 0.6 is 0 Å². The lowest BCUT2D eigenvalue weighted by Gasteiger charge is -2.04. The van der Waals surface area contributed by atoms with Gasteiger partial charge >= 0.3 is 0 Å². The highest BCUT2D eigenvalue weighted by atomic mass is 16.3. The van der Waals surface area contributed by atoms with Gasteiger partial charge in [-0.05, 0) is 19.1 Å². The predicted octanol–water partition coefficient (Wildman–Crippen LogP) is 1.73. The van der Waals surface area contributed by atoms with E-state index in [9.17, 15) is 9.90 Å². The Bertz CT molecular complexity index is 772. The number of rotatable bonds is 1. The number of aromatic nitrogens is 3. The van der Waals surface area contributed by atoms with E-state index < -0.39 is 0 Å². The van der Waals surface area contributed by atoms with Crippen molar-refractivity contribution in [3.05, 3.63) is 52.4 Å². The number of hydrogen-bond donors (Lipinski definition) is 2. The van der Waals surface area contributed by atoms with Crippen LogP contribution in [0.1, 0.15) is 5.56 Å². The second-order valence-electron chi connectivity index (χ2n) is 4.08. The number of para-hydroxylation sites is 1. The van der Waals surface area contributed by atoms with E-state index in [2.05, 4.69) is 10.1 Å². The monoisotopic (exact) mass is 241 g/mol. The van der Waals surface area contributed by atoms with Gasteiger partial charge in [-0.2, -0.15) is 5.10 Å².